The number of aliphatic carboxylic acids is 2. The SMILES string of the molecule is CC(C)(C)c1ccc(CN(Cc2ccc3ccn(CC(=O)O)c3c2)S(=O)(=O)c2cccnc2)cc1.O=C(O)C(F)(F)F. The second-order valence-electron chi connectivity index (χ2n) is 10.4. The molecule has 0 saturated carbocycles. The van der Waals surface area contributed by atoms with Crippen LogP contribution in [-0.4, -0.2) is 50.6 Å². The maximum Gasteiger partial charge on any atom is 0.490 e. The Kier molecular flexibility index (Phi) is 9.79. The number of carboxylic acids is 2. The monoisotopic (exact) mass is 605 g/mol. The van der Waals surface area contributed by atoms with Gasteiger partial charge in [0.2, 0.25) is 10.0 Å². The second-order valence-corrected chi connectivity index (χ2v) is 12.4. The zero-order chi connectivity index (χ0) is 31.3. The van der Waals surface area contributed by atoms with Crippen molar-refractivity contribution < 1.29 is 41.4 Å². The molecule has 2 aromatic carbocycles. The molecule has 13 heteroatoms. The smallest absolute Gasteiger partial charge is 0.480 e. The summed E-state index contributed by atoms with van der Waals surface area (Å²) in [5.41, 5.74) is 3.56. The molecule has 4 rings (SSSR count). The number of sulfonamides is 1. The van der Waals surface area contributed by atoms with E-state index in [1.807, 2.05) is 48.5 Å². The van der Waals surface area contributed by atoms with Crippen LogP contribution in [-0.2, 0) is 44.7 Å². The first-order valence-electron chi connectivity index (χ1n) is 12.6. The Bertz CT molecular complexity index is 1650. The third-order valence-electron chi connectivity index (χ3n) is 6.20. The Labute approximate surface area is 240 Å². The lowest BCUT2D eigenvalue weighted by Gasteiger charge is -2.24. The fourth-order valence-corrected chi connectivity index (χ4v) is 5.38. The number of halogens is 3. The summed E-state index contributed by atoms with van der Waals surface area (Å²) in [6.07, 6.45) is -0.463. The van der Waals surface area contributed by atoms with Gasteiger partial charge in [0.15, 0.2) is 0 Å². The van der Waals surface area contributed by atoms with E-state index in [0.717, 1.165) is 22.0 Å². The molecule has 0 aliphatic heterocycles. The normalized spacial score (nSPS) is 12.2. The lowest BCUT2D eigenvalue weighted by molar-refractivity contribution is -0.192. The zero-order valence-electron chi connectivity index (χ0n) is 23.0. The summed E-state index contributed by atoms with van der Waals surface area (Å²) >= 11 is 0. The van der Waals surface area contributed by atoms with Crippen LogP contribution in [0.25, 0.3) is 10.9 Å². The van der Waals surface area contributed by atoms with E-state index in [9.17, 15) is 31.5 Å². The molecule has 0 atom stereocenters. The van der Waals surface area contributed by atoms with Gasteiger partial charge in [-0.1, -0.05) is 57.2 Å². The van der Waals surface area contributed by atoms with Crippen molar-refractivity contribution in [3.8, 4) is 0 Å². The molecule has 0 aliphatic rings. The summed E-state index contributed by atoms with van der Waals surface area (Å²) in [7, 11) is -3.84. The van der Waals surface area contributed by atoms with Crippen molar-refractivity contribution in [3.05, 3.63) is 95.9 Å². The average molecular weight is 606 g/mol. The van der Waals surface area contributed by atoms with E-state index in [1.165, 1.54) is 16.1 Å². The molecule has 9 nitrogen and oxygen atoms in total. The van der Waals surface area contributed by atoms with Gasteiger partial charge < -0.3 is 14.8 Å². The fourth-order valence-electron chi connectivity index (χ4n) is 4.00. The molecule has 224 valence electrons. The van der Waals surface area contributed by atoms with Crippen LogP contribution in [0.2, 0.25) is 0 Å². The number of pyridine rings is 1. The van der Waals surface area contributed by atoms with Gasteiger partial charge in [0, 0.05) is 37.2 Å². The van der Waals surface area contributed by atoms with E-state index < -0.39 is 28.1 Å². The highest BCUT2D eigenvalue weighted by Crippen LogP contribution is 2.26. The molecule has 0 amide bonds. The van der Waals surface area contributed by atoms with Crippen molar-refractivity contribution in [1.29, 1.82) is 0 Å². The Balaban J connectivity index is 0.000000616. The Hall–Kier alpha value is -4.23. The first-order valence-corrected chi connectivity index (χ1v) is 14.0. The first kappa shape index (κ1) is 32.3. The molecule has 0 fully saturated rings. The molecule has 0 bridgehead atoms. The number of alkyl halides is 3. The van der Waals surface area contributed by atoms with E-state index in [2.05, 4.69) is 25.8 Å². The molecule has 0 aliphatic carbocycles. The van der Waals surface area contributed by atoms with Gasteiger partial charge >= 0.3 is 18.1 Å². The van der Waals surface area contributed by atoms with Crippen molar-refractivity contribution in [3.63, 3.8) is 0 Å². The summed E-state index contributed by atoms with van der Waals surface area (Å²) in [5, 5.41) is 17.2. The van der Waals surface area contributed by atoms with Crippen LogP contribution >= 0.6 is 0 Å². The summed E-state index contributed by atoms with van der Waals surface area (Å²) in [5.74, 6) is -3.69. The topological polar surface area (TPSA) is 130 Å². The molecule has 2 aromatic heterocycles. The van der Waals surface area contributed by atoms with Gasteiger partial charge in [0.05, 0.1) is 0 Å². The van der Waals surface area contributed by atoms with Crippen LogP contribution in [0.3, 0.4) is 0 Å². The average Bonchev–Trinajstić information content (AvgIpc) is 3.29. The molecular weight excluding hydrogens is 575 g/mol. The van der Waals surface area contributed by atoms with Gasteiger partial charge in [-0.2, -0.15) is 17.5 Å². The number of fused-ring (bicyclic) bond motifs is 1. The van der Waals surface area contributed by atoms with E-state index in [1.54, 1.807) is 29.1 Å². The number of rotatable bonds is 8. The minimum atomic E-state index is -5.08. The number of carboxylic acid groups (broad SMARTS) is 2. The van der Waals surface area contributed by atoms with Gasteiger partial charge in [-0.3, -0.25) is 9.78 Å². The van der Waals surface area contributed by atoms with Crippen LogP contribution in [0, 0.1) is 0 Å². The molecule has 0 radical (unpaired) electrons. The molecular formula is C29H30F3N3O6S. The number of nitrogens with zero attached hydrogens (tertiary/aromatic N) is 3. The molecule has 0 spiro atoms. The van der Waals surface area contributed by atoms with Crippen molar-refractivity contribution in [2.45, 2.75) is 56.9 Å². The first-order chi connectivity index (χ1) is 19.5. The number of hydrogen-bond acceptors (Lipinski definition) is 5. The van der Waals surface area contributed by atoms with Crippen LogP contribution in [0.4, 0.5) is 13.2 Å². The van der Waals surface area contributed by atoms with Crippen molar-refractivity contribution in [2.75, 3.05) is 0 Å². The van der Waals surface area contributed by atoms with Gasteiger partial charge in [-0.15, -0.1) is 0 Å². The number of hydrogen-bond donors (Lipinski definition) is 2. The van der Waals surface area contributed by atoms with Gasteiger partial charge in [-0.25, -0.2) is 13.2 Å². The Morgan fingerprint density at radius 1 is 0.929 bits per heavy atom. The quantitative estimate of drug-likeness (QED) is 0.274. The molecule has 4 aromatic rings. The van der Waals surface area contributed by atoms with E-state index in [-0.39, 0.29) is 29.9 Å². The number of benzene rings is 2. The minimum absolute atomic E-state index is 0.000277. The highest BCUT2D eigenvalue weighted by Gasteiger charge is 2.38. The summed E-state index contributed by atoms with van der Waals surface area (Å²) in [6.45, 7) is 6.57. The summed E-state index contributed by atoms with van der Waals surface area (Å²) < 4.78 is 62.0. The lowest BCUT2D eigenvalue weighted by atomic mass is 9.87. The third-order valence-corrected chi connectivity index (χ3v) is 7.97. The maximum absolute atomic E-state index is 13.6. The third kappa shape index (κ3) is 8.40. The standard InChI is InChI=1S/C27H29N3O4S.C2HF3O2/c1-27(2,3)23-10-7-20(8-11-23)17-30(35(33,34)24-5-4-13-28-16-24)18-21-6-9-22-12-14-29(19-26(31)32)25(22)15-21;3-2(4,5)1(6)7/h4-16H,17-19H2,1-3H3,(H,31,32);(H,6,7). The fraction of sp³-hybridized carbons (Fsp3) is 0.276. The van der Waals surface area contributed by atoms with Crippen molar-refractivity contribution in [1.82, 2.24) is 13.9 Å². The molecule has 0 unspecified atom stereocenters. The van der Waals surface area contributed by atoms with Crippen molar-refractivity contribution in [2.24, 2.45) is 0 Å². The maximum atomic E-state index is 13.6. The van der Waals surface area contributed by atoms with Gasteiger partial charge in [0.25, 0.3) is 0 Å². The summed E-state index contributed by atoms with van der Waals surface area (Å²) in [6, 6.07) is 18.6. The highest BCUT2D eigenvalue weighted by molar-refractivity contribution is 7.89. The Morgan fingerprint density at radius 3 is 2.05 bits per heavy atom. The van der Waals surface area contributed by atoms with Gasteiger partial charge in [-0.05, 0) is 51.8 Å². The van der Waals surface area contributed by atoms with Crippen molar-refractivity contribution >= 4 is 32.9 Å². The second kappa shape index (κ2) is 12.7. The van der Waals surface area contributed by atoms with E-state index >= 15 is 0 Å². The zero-order valence-corrected chi connectivity index (χ0v) is 23.9. The van der Waals surface area contributed by atoms with Crippen LogP contribution in [0.5, 0.6) is 0 Å². The molecule has 42 heavy (non-hydrogen) atoms. The number of aromatic nitrogens is 2. The summed E-state index contributed by atoms with van der Waals surface area (Å²) in [4.78, 5) is 24.3. The van der Waals surface area contributed by atoms with Crippen LogP contribution in [0.1, 0.15) is 37.5 Å². The van der Waals surface area contributed by atoms with E-state index in [0.29, 0.717) is 0 Å². The molecule has 2 heterocycles. The molecule has 0 saturated heterocycles. The highest BCUT2D eigenvalue weighted by atomic mass is 32.2. The van der Waals surface area contributed by atoms with Crippen LogP contribution in [0.15, 0.2) is 84.1 Å². The predicted molar refractivity (Wildman–Crippen MR) is 149 cm³/mol. The largest absolute Gasteiger partial charge is 0.490 e. The van der Waals surface area contributed by atoms with Crippen LogP contribution < -0.4 is 0 Å². The molecule has 2 N–H and O–H groups in total. The minimum Gasteiger partial charge on any atom is -0.480 e. The van der Waals surface area contributed by atoms with Gasteiger partial charge in [0.1, 0.15) is 11.4 Å². The lowest BCUT2D eigenvalue weighted by Crippen LogP contribution is -2.30. The van der Waals surface area contributed by atoms with E-state index in [4.69, 9.17) is 9.90 Å². The number of carbonyl (C=O) groups is 2. The predicted octanol–water partition coefficient (Wildman–Crippen LogP) is 5.44. The Morgan fingerprint density at radius 2 is 1.52 bits per heavy atom.